The zero-order chi connectivity index (χ0) is 25.6. The number of nitrogens with zero attached hydrogens (tertiary/aromatic N) is 2. The van der Waals surface area contributed by atoms with Crippen molar-refractivity contribution in [1.82, 2.24) is 9.88 Å². The van der Waals surface area contributed by atoms with Gasteiger partial charge in [-0.2, -0.15) is 0 Å². The summed E-state index contributed by atoms with van der Waals surface area (Å²) in [4.78, 5) is 33.3. The molecule has 3 fully saturated rings. The van der Waals surface area contributed by atoms with Gasteiger partial charge in [0, 0.05) is 30.8 Å². The lowest BCUT2D eigenvalue weighted by Crippen LogP contribution is -2.56. The molecule has 0 radical (unpaired) electrons. The van der Waals surface area contributed by atoms with E-state index >= 15 is 0 Å². The predicted octanol–water partition coefficient (Wildman–Crippen LogP) is 4.33. The van der Waals surface area contributed by atoms with Crippen molar-refractivity contribution in [2.75, 3.05) is 13.1 Å². The average Bonchev–Trinajstić information content (AvgIpc) is 3.40. The number of pyridine rings is 1. The standard InChI is InChI=1S/C29H33FN2O4/c1-17-14-29(27(34)32-12-11-24(33)16-32)26(19(3)36-28(29)35)25(18(17)2)10-9-23-8-7-21(15-31-23)20-5-4-6-22(30)13-20/h4-10,13,15,17-19,24-26,33H,11-12,14,16H2,1-3H3/b10-9+/t17?,18?,19?,24-,25?,26?,29-/m1/s1. The number of carbonyl (C=O) groups is 2. The molecular weight excluding hydrogens is 459 g/mol. The molecule has 3 heterocycles. The van der Waals surface area contributed by atoms with Gasteiger partial charge in [-0.3, -0.25) is 14.6 Å². The van der Waals surface area contributed by atoms with Gasteiger partial charge in [-0.05, 0) is 67.4 Å². The number of rotatable bonds is 4. The lowest BCUT2D eigenvalue weighted by Gasteiger charge is -2.47. The van der Waals surface area contributed by atoms with Crippen molar-refractivity contribution in [3.05, 3.63) is 60.2 Å². The molecule has 190 valence electrons. The van der Waals surface area contributed by atoms with Crippen LogP contribution in [-0.4, -0.2) is 52.2 Å². The summed E-state index contributed by atoms with van der Waals surface area (Å²) in [6, 6.07) is 10.2. The zero-order valence-electron chi connectivity index (χ0n) is 20.9. The minimum absolute atomic E-state index is 0.0589. The number of carbonyl (C=O) groups excluding carboxylic acids is 2. The number of likely N-dealkylation sites (tertiary alicyclic amines) is 1. The highest BCUT2D eigenvalue weighted by Crippen LogP contribution is 2.57. The van der Waals surface area contributed by atoms with Gasteiger partial charge in [0.15, 0.2) is 5.41 Å². The molecule has 1 aromatic carbocycles. The van der Waals surface area contributed by atoms with Crippen molar-refractivity contribution in [3.8, 4) is 11.1 Å². The molecule has 3 aliphatic rings. The number of benzene rings is 1. The molecule has 1 N–H and O–H groups in total. The molecule has 1 amide bonds. The number of cyclic esters (lactones) is 1. The van der Waals surface area contributed by atoms with Gasteiger partial charge >= 0.3 is 5.97 Å². The third-order valence-corrected chi connectivity index (χ3v) is 8.56. The summed E-state index contributed by atoms with van der Waals surface area (Å²) in [7, 11) is 0. The lowest BCUT2D eigenvalue weighted by atomic mass is 9.54. The number of allylic oxidation sites excluding steroid dienone is 1. The molecule has 2 aliphatic heterocycles. The number of hydrogen-bond donors (Lipinski definition) is 1. The summed E-state index contributed by atoms with van der Waals surface area (Å²) in [5.41, 5.74) is 1.11. The highest BCUT2D eigenvalue weighted by atomic mass is 19.1. The number of amides is 1. The second-order valence-electron chi connectivity index (χ2n) is 10.8. The summed E-state index contributed by atoms with van der Waals surface area (Å²) < 4.78 is 19.3. The Kier molecular flexibility index (Phi) is 6.45. The number of esters is 1. The van der Waals surface area contributed by atoms with Crippen molar-refractivity contribution < 1.29 is 23.8 Å². The topological polar surface area (TPSA) is 79.7 Å². The first-order valence-electron chi connectivity index (χ1n) is 12.8. The van der Waals surface area contributed by atoms with Crippen LogP contribution < -0.4 is 0 Å². The van der Waals surface area contributed by atoms with Crippen LogP contribution in [-0.2, 0) is 14.3 Å². The molecule has 1 aliphatic carbocycles. The molecular formula is C29H33FN2O4. The Hall–Kier alpha value is -3.06. The van der Waals surface area contributed by atoms with E-state index in [1.165, 1.54) is 12.1 Å². The van der Waals surface area contributed by atoms with E-state index in [0.29, 0.717) is 19.4 Å². The quantitative estimate of drug-likeness (QED) is 0.508. The molecule has 7 heteroatoms. The van der Waals surface area contributed by atoms with E-state index in [0.717, 1.165) is 16.8 Å². The normalized spacial score (nSPS) is 34.1. The molecule has 36 heavy (non-hydrogen) atoms. The van der Waals surface area contributed by atoms with Crippen LogP contribution in [0.2, 0.25) is 0 Å². The first kappa shape index (κ1) is 24.6. The molecule has 5 rings (SSSR count). The summed E-state index contributed by atoms with van der Waals surface area (Å²) in [5, 5.41) is 10.0. The highest BCUT2D eigenvalue weighted by Gasteiger charge is 2.67. The van der Waals surface area contributed by atoms with Gasteiger partial charge < -0.3 is 14.7 Å². The molecule has 0 spiro atoms. The predicted molar refractivity (Wildman–Crippen MR) is 134 cm³/mol. The van der Waals surface area contributed by atoms with Gasteiger partial charge in [-0.15, -0.1) is 0 Å². The molecule has 6 nitrogen and oxygen atoms in total. The third-order valence-electron chi connectivity index (χ3n) is 8.56. The number of halogens is 1. The summed E-state index contributed by atoms with van der Waals surface area (Å²) >= 11 is 0. The van der Waals surface area contributed by atoms with Crippen molar-refractivity contribution in [2.24, 2.45) is 29.1 Å². The van der Waals surface area contributed by atoms with Crippen LogP contribution in [0, 0.1) is 34.9 Å². The fourth-order valence-electron chi connectivity index (χ4n) is 6.52. The van der Waals surface area contributed by atoms with Crippen LogP contribution in [0.5, 0.6) is 0 Å². The van der Waals surface area contributed by atoms with E-state index in [1.54, 1.807) is 17.2 Å². The highest BCUT2D eigenvalue weighted by molar-refractivity contribution is 6.05. The second-order valence-corrected chi connectivity index (χ2v) is 10.8. The van der Waals surface area contributed by atoms with Crippen LogP contribution >= 0.6 is 0 Å². The minimum Gasteiger partial charge on any atom is -0.461 e. The SMILES string of the molecule is CC1C[C@@]2(C(=O)N3CC[C@@H](O)C3)C(=O)OC(C)C2C(/C=C/c2ccc(-c3cccc(F)c3)cn2)C1C. The Morgan fingerprint density at radius 1 is 1.22 bits per heavy atom. The van der Waals surface area contributed by atoms with Gasteiger partial charge in [-0.1, -0.05) is 38.1 Å². The van der Waals surface area contributed by atoms with E-state index in [9.17, 15) is 19.1 Å². The number of aliphatic hydroxyl groups excluding tert-OH is 1. The van der Waals surface area contributed by atoms with Crippen LogP contribution in [0.4, 0.5) is 4.39 Å². The van der Waals surface area contributed by atoms with Crippen LogP contribution in [0.3, 0.4) is 0 Å². The smallest absolute Gasteiger partial charge is 0.322 e. The maximum Gasteiger partial charge on any atom is 0.322 e. The number of aliphatic hydroxyl groups is 1. The Morgan fingerprint density at radius 2 is 2.03 bits per heavy atom. The Balaban J connectivity index is 1.44. The average molecular weight is 493 g/mol. The van der Waals surface area contributed by atoms with Crippen molar-refractivity contribution >= 4 is 18.0 Å². The molecule has 2 saturated heterocycles. The summed E-state index contributed by atoms with van der Waals surface area (Å²) in [6.45, 7) is 6.87. The maximum atomic E-state index is 13.8. The summed E-state index contributed by atoms with van der Waals surface area (Å²) in [6.07, 6.45) is 5.80. The number of β-amino-alcohol motifs (C(OH)–C–C–N with tert-alkyl or cyclic N) is 1. The second kappa shape index (κ2) is 9.43. The van der Waals surface area contributed by atoms with E-state index < -0.39 is 17.5 Å². The van der Waals surface area contributed by atoms with E-state index in [-0.39, 0.29) is 48.0 Å². The first-order chi connectivity index (χ1) is 17.2. The first-order valence-corrected chi connectivity index (χ1v) is 12.8. The number of ether oxygens (including phenoxy) is 1. The number of aromatic nitrogens is 1. The largest absolute Gasteiger partial charge is 0.461 e. The molecule has 1 saturated carbocycles. The number of fused-ring (bicyclic) bond motifs is 1. The minimum atomic E-state index is -1.22. The van der Waals surface area contributed by atoms with E-state index in [1.807, 2.05) is 31.2 Å². The Labute approximate surface area is 211 Å². The fourth-order valence-corrected chi connectivity index (χ4v) is 6.52. The number of hydrogen-bond acceptors (Lipinski definition) is 5. The fraction of sp³-hybridized carbons (Fsp3) is 0.483. The van der Waals surface area contributed by atoms with Gasteiger partial charge in [0.2, 0.25) is 5.91 Å². The Bertz CT molecular complexity index is 1180. The molecule has 0 bridgehead atoms. The van der Waals surface area contributed by atoms with Crippen molar-refractivity contribution in [2.45, 2.75) is 45.8 Å². The van der Waals surface area contributed by atoms with Crippen LogP contribution in [0.1, 0.15) is 39.3 Å². The van der Waals surface area contributed by atoms with Crippen LogP contribution in [0.15, 0.2) is 48.7 Å². The van der Waals surface area contributed by atoms with Gasteiger partial charge in [0.1, 0.15) is 11.9 Å². The lowest BCUT2D eigenvalue weighted by molar-refractivity contribution is -0.162. The molecule has 5 unspecified atom stereocenters. The van der Waals surface area contributed by atoms with E-state index in [4.69, 9.17) is 4.74 Å². The maximum absolute atomic E-state index is 13.8. The van der Waals surface area contributed by atoms with Crippen molar-refractivity contribution in [1.29, 1.82) is 0 Å². The molecule has 1 aromatic heterocycles. The van der Waals surface area contributed by atoms with E-state index in [2.05, 4.69) is 24.9 Å². The third kappa shape index (κ3) is 4.13. The zero-order valence-corrected chi connectivity index (χ0v) is 20.9. The monoisotopic (exact) mass is 492 g/mol. The van der Waals surface area contributed by atoms with Gasteiger partial charge in [0.05, 0.1) is 11.8 Å². The summed E-state index contributed by atoms with van der Waals surface area (Å²) in [5.74, 6) is -0.899. The van der Waals surface area contributed by atoms with Gasteiger partial charge in [-0.25, -0.2) is 4.39 Å². The van der Waals surface area contributed by atoms with Crippen molar-refractivity contribution in [3.63, 3.8) is 0 Å². The van der Waals surface area contributed by atoms with Gasteiger partial charge in [0.25, 0.3) is 0 Å². The Morgan fingerprint density at radius 3 is 2.69 bits per heavy atom. The molecule has 2 aromatic rings. The van der Waals surface area contributed by atoms with Crippen LogP contribution in [0.25, 0.3) is 17.2 Å². The molecule has 7 atom stereocenters.